The van der Waals surface area contributed by atoms with E-state index in [9.17, 15) is 4.39 Å². The van der Waals surface area contributed by atoms with Crippen LogP contribution in [0.15, 0.2) is 46.9 Å². The zero-order valence-corrected chi connectivity index (χ0v) is 11.1. The lowest BCUT2D eigenvalue weighted by Crippen LogP contribution is -1.96. The van der Waals surface area contributed by atoms with Crippen molar-refractivity contribution in [1.29, 1.82) is 0 Å². The Kier molecular flexibility index (Phi) is 4.02. The molecule has 0 amide bonds. The van der Waals surface area contributed by atoms with Gasteiger partial charge in [0.15, 0.2) is 0 Å². The predicted molar refractivity (Wildman–Crippen MR) is 69.9 cm³/mol. The van der Waals surface area contributed by atoms with Crippen molar-refractivity contribution in [2.45, 2.75) is 6.61 Å². The average molecular weight is 316 g/mol. The molecule has 2 rings (SSSR count). The molecule has 0 bridgehead atoms. The molecule has 2 aromatic rings. The van der Waals surface area contributed by atoms with Gasteiger partial charge in [-0.3, -0.25) is 0 Å². The second-order valence-electron chi connectivity index (χ2n) is 3.47. The van der Waals surface area contributed by atoms with Crippen LogP contribution in [0.25, 0.3) is 0 Å². The van der Waals surface area contributed by atoms with Crippen molar-refractivity contribution in [2.24, 2.45) is 0 Å². The van der Waals surface area contributed by atoms with Crippen molar-refractivity contribution >= 4 is 27.5 Å². The van der Waals surface area contributed by atoms with E-state index < -0.39 is 5.82 Å². The molecular formula is C13H9BrClFO. The Balaban J connectivity index is 2.12. The smallest absolute Gasteiger partial charge is 0.143 e. The highest BCUT2D eigenvalue weighted by Gasteiger charge is 2.07. The van der Waals surface area contributed by atoms with Crippen LogP contribution in [-0.2, 0) is 6.61 Å². The van der Waals surface area contributed by atoms with Gasteiger partial charge in [-0.05, 0) is 27.6 Å². The van der Waals surface area contributed by atoms with Crippen molar-refractivity contribution in [1.82, 2.24) is 0 Å². The van der Waals surface area contributed by atoms with Crippen molar-refractivity contribution in [3.05, 3.63) is 63.3 Å². The molecule has 4 heteroatoms. The van der Waals surface area contributed by atoms with E-state index in [1.807, 2.05) is 30.3 Å². The number of hydrogen-bond donors (Lipinski definition) is 0. The molecule has 1 nitrogen and oxygen atoms in total. The van der Waals surface area contributed by atoms with Crippen LogP contribution in [0.2, 0.25) is 5.02 Å². The molecule has 0 saturated heterocycles. The van der Waals surface area contributed by atoms with Gasteiger partial charge < -0.3 is 4.74 Å². The second kappa shape index (κ2) is 5.52. The minimum atomic E-state index is -0.467. The monoisotopic (exact) mass is 314 g/mol. The summed E-state index contributed by atoms with van der Waals surface area (Å²) >= 11 is 8.92. The molecule has 0 atom stereocenters. The fourth-order valence-corrected chi connectivity index (χ4v) is 1.93. The Morgan fingerprint density at radius 2 is 1.88 bits per heavy atom. The topological polar surface area (TPSA) is 9.23 Å². The van der Waals surface area contributed by atoms with Crippen LogP contribution in [0.5, 0.6) is 5.75 Å². The number of hydrogen-bond acceptors (Lipinski definition) is 1. The minimum absolute atomic E-state index is 0.0521. The summed E-state index contributed by atoms with van der Waals surface area (Å²) in [5, 5.41) is 0.0521. The highest BCUT2D eigenvalue weighted by Crippen LogP contribution is 2.31. The van der Waals surface area contributed by atoms with Crippen LogP contribution < -0.4 is 4.74 Å². The van der Waals surface area contributed by atoms with E-state index in [0.717, 1.165) is 5.56 Å². The van der Waals surface area contributed by atoms with E-state index in [1.165, 1.54) is 12.1 Å². The van der Waals surface area contributed by atoms with Crippen LogP contribution >= 0.6 is 27.5 Å². The molecule has 0 aliphatic carbocycles. The summed E-state index contributed by atoms with van der Waals surface area (Å²) in [5.41, 5.74) is 1.04. The summed E-state index contributed by atoms with van der Waals surface area (Å²) in [7, 11) is 0. The summed E-state index contributed by atoms with van der Waals surface area (Å²) in [6.07, 6.45) is 0. The normalized spacial score (nSPS) is 10.3. The molecule has 0 aromatic heterocycles. The Labute approximate surface area is 112 Å². The summed E-state index contributed by atoms with van der Waals surface area (Å²) < 4.78 is 19.2. The van der Waals surface area contributed by atoms with Gasteiger partial charge in [0, 0.05) is 6.07 Å². The molecule has 0 saturated carbocycles. The summed E-state index contributed by atoms with van der Waals surface area (Å²) in [6.45, 7) is 0.418. The second-order valence-corrected chi connectivity index (χ2v) is 4.73. The van der Waals surface area contributed by atoms with E-state index in [0.29, 0.717) is 16.8 Å². The van der Waals surface area contributed by atoms with Gasteiger partial charge in [0.1, 0.15) is 18.2 Å². The number of benzene rings is 2. The predicted octanol–water partition coefficient (Wildman–Crippen LogP) is 4.82. The van der Waals surface area contributed by atoms with Gasteiger partial charge >= 0.3 is 0 Å². The maximum Gasteiger partial charge on any atom is 0.143 e. The molecule has 0 N–H and O–H groups in total. The summed E-state index contributed by atoms with van der Waals surface area (Å²) in [5.74, 6) is 0.0610. The maximum atomic E-state index is 13.1. The molecule has 0 fully saturated rings. The van der Waals surface area contributed by atoms with Crippen molar-refractivity contribution in [2.75, 3.05) is 0 Å². The van der Waals surface area contributed by atoms with Gasteiger partial charge in [-0.2, -0.15) is 0 Å². The maximum absolute atomic E-state index is 13.1. The zero-order chi connectivity index (χ0) is 12.3. The number of rotatable bonds is 3. The largest absolute Gasteiger partial charge is 0.488 e. The van der Waals surface area contributed by atoms with E-state index in [2.05, 4.69) is 15.9 Å². The third-order valence-electron chi connectivity index (χ3n) is 2.21. The first-order chi connectivity index (χ1) is 8.16. The first-order valence-corrected chi connectivity index (χ1v) is 6.15. The molecule has 0 spiro atoms. The van der Waals surface area contributed by atoms with E-state index >= 15 is 0 Å². The standard InChI is InChI=1S/C13H9BrClFO/c14-10-6-12(16)11(15)7-13(10)17-8-9-4-2-1-3-5-9/h1-7H,8H2. The lowest BCUT2D eigenvalue weighted by atomic mass is 10.2. The van der Waals surface area contributed by atoms with Gasteiger partial charge in [-0.15, -0.1) is 0 Å². The first kappa shape index (κ1) is 12.4. The molecule has 2 aromatic carbocycles. The Hall–Kier alpha value is -1.06. The van der Waals surface area contributed by atoms with Gasteiger partial charge in [-0.25, -0.2) is 4.39 Å². The van der Waals surface area contributed by atoms with E-state index in [-0.39, 0.29) is 5.02 Å². The lowest BCUT2D eigenvalue weighted by molar-refractivity contribution is 0.304. The molecule has 0 unspecified atom stereocenters. The Bertz CT molecular complexity index is 516. The van der Waals surface area contributed by atoms with Gasteiger partial charge in [0.25, 0.3) is 0 Å². The van der Waals surface area contributed by atoms with Crippen molar-refractivity contribution < 1.29 is 9.13 Å². The molecule has 0 radical (unpaired) electrons. The molecule has 0 aliphatic rings. The summed E-state index contributed by atoms with van der Waals surface area (Å²) in [6, 6.07) is 12.5. The fraction of sp³-hybridized carbons (Fsp3) is 0.0769. The third kappa shape index (κ3) is 3.20. The van der Waals surface area contributed by atoms with Crippen LogP contribution in [-0.4, -0.2) is 0 Å². The molecule has 0 heterocycles. The van der Waals surface area contributed by atoms with Crippen LogP contribution in [0.1, 0.15) is 5.56 Å². The van der Waals surface area contributed by atoms with E-state index in [4.69, 9.17) is 16.3 Å². The number of ether oxygens (including phenoxy) is 1. The molecule has 88 valence electrons. The summed E-state index contributed by atoms with van der Waals surface area (Å²) in [4.78, 5) is 0. The number of halogens is 3. The van der Waals surface area contributed by atoms with Crippen molar-refractivity contribution in [3.8, 4) is 5.75 Å². The van der Waals surface area contributed by atoms with E-state index in [1.54, 1.807) is 0 Å². The Morgan fingerprint density at radius 1 is 1.18 bits per heavy atom. The molecular weight excluding hydrogens is 306 g/mol. The van der Waals surface area contributed by atoms with Gasteiger partial charge in [-0.1, -0.05) is 41.9 Å². The first-order valence-electron chi connectivity index (χ1n) is 4.98. The van der Waals surface area contributed by atoms with Crippen LogP contribution in [0.4, 0.5) is 4.39 Å². The lowest BCUT2D eigenvalue weighted by Gasteiger charge is -2.09. The van der Waals surface area contributed by atoms with Crippen LogP contribution in [0.3, 0.4) is 0 Å². The SMILES string of the molecule is Fc1cc(Br)c(OCc2ccccc2)cc1Cl. The Morgan fingerprint density at radius 3 is 2.59 bits per heavy atom. The third-order valence-corrected chi connectivity index (χ3v) is 3.12. The quantitative estimate of drug-likeness (QED) is 0.738. The van der Waals surface area contributed by atoms with Gasteiger partial charge in [0.05, 0.1) is 9.50 Å². The van der Waals surface area contributed by atoms with Crippen LogP contribution in [0, 0.1) is 5.82 Å². The molecule has 0 aliphatic heterocycles. The minimum Gasteiger partial charge on any atom is -0.488 e. The fourth-order valence-electron chi connectivity index (χ4n) is 1.35. The highest BCUT2D eigenvalue weighted by atomic mass is 79.9. The highest BCUT2D eigenvalue weighted by molar-refractivity contribution is 9.10. The average Bonchev–Trinajstić information content (AvgIpc) is 2.33. The zero-order valence-electron chi connectivity index (χ0n) is 8.79. The molecule has 17 heavy (non-hydrogen) atoms. The van der Waals surface area contributed by atoms with Crippen molar-refractivity contribution in [3.63, 3.8) is 0 Å². The van der Waals surface area contributed by atoms with Gasteiger partial charge in [0.2, 0.25) is 0 Å².